The van der Waals surface area contributed by atoms with Gasteiger partial charge in [-0.1, -0.05) is 31.4 Å². The number of aromatic nitrogens is 5. The minimum atomic E-state index is 0.514. The van der Waals surface area contributed by atoms with Crippen LogP contribution in [0.4, 0.5) is 0 Å². The lowest BCUT2D eigenvalue weighted by Gasteiger charge is -2.22. The van der Waals surface area contributed by atoms with Crippen LogP contribution >= 0.6 is 0 Å². The third kappa shape index (κ3) is 4.89. The van der Waals surface area contributed by atoms with Gasteiger partial charge in [-0.05, 0) is 54.8 Å². The van der Waals surface area contributed by atoms with Crippen LogP contribution in [0.3, 0.4) is 0 Å². The molecule has 7 nitrogen and oxygen atoms in total. The molecule has 0 atom stereocenters. The molecule has 140 valence electrons. The molecule has 0 spiro atoms. The predicted octanol–water partition coefficient (Wildman–Crippen LogP) is 3.52. The predicted molar refractivity (Wildman–Crippen MR) is 103 cm³/mol. The van der Waals surface area contributed by atoms with E-state index in [1.807, 2.05) is 18.2 Å². The molecule has 0 saturated heterocycles. The first-order valence-electron chi connectivity index (χ1n) is 9.57. The molecule has 1 fully saturated rings. The fourth-order valence-corrected chi connectivity index (χ4v) is 3.43. The summed E-state index contributed by atoms with van der Waals surface area (Å²) < 4.78 is 5.81. The first-order chi connectivity index (χ1) is 13.4. The third-order valence-corrected chi connectivity index (χ3v) is 4.94. The highest BCUT2D eigenvalue weighted by atomic mass is 16.5. The number of nitrogens with one attached hydrogen (secondary N) is 2. The molecular formula is C20H24N6O. The van der Waals surface area contributed by atoms with E-state index in [0.29, 0.717) is 17.7 Å². The van der Waals surface area contributed by atoms with Crippen LogP contribution < -0.4 is 10.1 Å². The van der Waals surface area contributed by atoms with Crippen molar-refractivity contribution in [2.45, 2.75) is 44.6 Å². The van der Waals surface area contributed by atoms with Crippen molar-refractivity contribution in [3.05, 3.63) is 48.2 Å². The molecule has 1 aromatic carbocycles. The minimum absolute atomic E-state index is 0.514. The average Bonchev–Trinajstić information content (AvgIpc) is 3.26. The van der Waals surface area contributed by atoms with Gasteiger partial charge in [-0.15, -0.1) is 10.2 Å². The van der Waals surface area contributed by atoms with Crippen LogP contribution in [0.25, 0.3) is 11.4 Å². The lowest BCUT2D eigenvalue weighted by Crippen LogP contribution is -2.32. The summed E-state index contributed by atoms with van der Waals surface area (Å²) >= 11 is 0. The molecule has 0 radical (unpaired) electrons. The number of tetrazole rings is 1. The first kappa shape index (κ1) is 17.6. The Labute approximate surface area is 158 Å². The van der Waals surface area contributed by atoms with Gasteiger partial charge in [0, 0.05) is 23.9 Å². The van der Waals surface area contributed by atoms with E-state index in [1.165, 1.54) is 37.7 Å². The van der Waals surface area contributed by atoms with Crippen LogP contribution in [-0.2, 0) is 6.42 Å². The summed E-state index contributed by atoms with van der Waals surface area (Å²) in [4.78, 5) is 4.30. The normalized spacial score (nSPS) is 15.0. The van der Waals surface area contributed by atoms with Crippen LogP contribution in [0.5, 0.6) is 11.6 Å². The van der Waals surface area contributed by atoms with Crippen molar-refractivity contribution in [1.29, 1.82) is 0 Å². The second-order valence-electron chi connectivity index (χ2n) is 6.91. The van der Waals surface area contributed by atoms with Crippen molar-refractivity contribution in [1.82, 2.24) is 30.9 Å². The van der Waals surface area contributed by atoms with Gasteiger partial charge in [-0.2, -0.15) is 5.21 Å². The Morgan fingerprint density at radius 3 is 2.59 bits per heavy atom. The van der Waals surface area contributed by atoms with Gasteiger partial charge < -0.3 is 10.1 Å². The van der Waals surface area contributed by atoms with Crippen LogP contribution in [0, 0.1) is 0 Å². The highest BCUT2D eigenvalue weighted by Gasteiger charge is 2.12. The SMILES string of the molecule is c1cc(Oc2ccc(-c3nn[nH]n3)cn2)ccc1CCNC1CCCCC1. The van der Waals surface area contributed by atoms with E-state index in [0.717, 1.165) is 24.3 Å². The Morgan fingerprint density at radius 2 is 1.89 bits per heavy atom. The van der Waals surface area contributed by atoms with Crippen LogP contribution in [0.15, 0.2) is 42.6 Å². The maximum absolute atomic E-state index is 5.81. The number of rotatable bonds is 7. The summed E-state index contributed by atoms with van der Waals surface area (Å²) in [6.45, 7) is 1.03. The fourth-order valence-electron chi connectivity index (χ4n) is 3.43. The zero-order valence-electron chi connectivity index (χ0n) is 15.3. The van der Waals surface area contributed by atoms with Crippen LogP contribution in [0.1, 0.15) is 37.7 Å². The third-order valence-electron chi connectivity index (χ3n) is 4.94. The molecule has 0 unspecified atom stereocenters. The van der Waals surface area contributed by atoms with Crippen molar-refractivity contribution >= 4 is 0 Å². The molecule has 0 amide bonds. The van der Waals surface area contributed by atoms with Gasteiger partial charge >= 0.3 is 0 Å². The molecule has 3 aromatic rings. The number of aromatic amines is 1. The first-order valence-corrected chi connectivity index (χ1v) is 9.57. The summed E-state index contributed by atoms with van der Waals surface area (Å²) in [5.74, 6) is 1.83. The van der Waals surface area contributed by atoms with E-state index >= 15 is 0 Å². The molecule has 1 aliphatic rings. The molecule has 2 N–H and O–H groups in total. The number of nitrogens with zero attached hydrogens (tertiary/aromatic N) is 4. The Balaban J connectivity index is 1.27. The second-order valence-corrected chi connectivity index (χ2v) is 6.91. The topological polar surface area (TPSA) is 88.6 Å². The monoisotopic (exact) mass is 364 g/mol. The number of hydrogen-bond acceptors (Lipinski definition) is 6. The maximum atomic E-state index is 5.81. The van der Waals surface area contributed by atoms with Gasteiger partial charge in [0.15, 0.2) is 0 Å². The molecule has 2 aromatic heterocycles. The lowest BCUT2D eigenvalue weighted by atomic mass is 9.95. The van der Waals surface area contributed by atoms with Crippen LogP contribution in [-0.4, -0.2) is 38.2 Å². The van der Waals surface area contributed by atoms with E-state index in [1.54, 1.807) is 12.3 Å². The van der Waals surface area contributed by atoms with Gasteiger partial charge in [0.1, 0.15) is 5.75 Å². The number of ether oxygens (including phenoxy) is 1. The van der Waals surface area contributed by atoms with Gasteiger partial charge in [0.2, 0.25) is 11.7 Å². The molecule has 1 saturated carbocycles. The maximum Gasteiger partial charge on any atom is 0.219 e. The number of pyridine rings is 1. The Morgan fingerprint density at radius 1 is 1.04 bits per heavy atom. The molecule has 1 aliphatic carbocycles. The van der Waals surface area contributed by atoms with E-state index in [2.05, 4.69) is 43.1 Å². The summed E-state index contributed by atoms with van der Waals surface area (Å²) in [6, 6.07) is 12.6. The smallest absolute Gasteiger partial charge is 0.219 e. The largest absolute Gasteiger partial charge is 0.439 e. The molecule has 27 heavy (non-hydrogen) atoms. The molecule has 4 rings (SSSR count). The average molecular weight is 364 g/mol. The Hall–Kier alpha value is -2.80. The van der Waals surface area contributed by atoms with Gasteiger partial charge in [-0.3, -0.25) is 0 Å². The van der Waals surface area contributed by atoms with E-state index in [-0.39, 0.29) is 0 Å². The number of benzene rings is 1. The van der Waals surface area contributed by atoms with E-state index < -0.39 is 0 Å². The zero-order valence-corrected chi connectivity index (χ0v) is 15.3. The van der Waals surface area contributed by atoms with E-state index in [9.17, 15) is 0 Å². The van der Waals surface area contributed by atoms with Crippen LogP contribution in [0.2, 0.25) is 0 Å². The molecule has 0 bridgehead atoms. The van der Waals surface area contributed by atoms with Gasteiger partial charge in [0.25, 0.3) is 0 Å². The highest BCUT2D eigenvalue weighted by molar-refractivity contribution is 5.52. The molecular weight excluding hydrogens is 340 g/mol. The molecule has 0 aliphatic heterocycles. The highest BCUT2D eigenvalue weighted by Crippen LogP contribution is 2.22. The fraction of sp³-hybridized carbons (Fsp3) is 0.400. The Bertz CT molecular complexity index is 811. The van der Waals surface area contributed by atoms with Gasteiger partial charge in [0.05, 0.1) is 0 Å². The quantitative estimate of drug-likeness (QED) is 0.667. The van der Waals surface area contributed by atoms with Crippen molar-refractivity contribution in [3.63, 3.8) is 0 Å². The summed E-state index contributed by atoms with van der Waals surface area (Å²) in [6.07, 6.45) is 9.49. The van der Waals surface area contributed by atoms with Crippen molar-refractivity contribution < 1.29 is 4.74 Å². The summed E-state index contributed by atoms with van der Waals surface area (Å²) in [5, 5.41) is 17.5. The number of hydrogen-bond donors (Lipinski definition) is 2. The van der Waals surface area contributed by atoms with E-state index in [4.69, 9.17) is 4.74 Å². The molecule has 2 heterocycles. The van der Waals surface area contributed by atoms with Crippen molar-refractivity contribution in [3.8, 4) is 23.0 Å². The second kappa shape index (κ2) is 8.73. The molecule has 7 heteroatoms. The zero-order chi connectivity index (χ0) is 18.3. The number of H-pyrrole nitrogens is 1. The summed E-state index contributed by atoms with van der Waals surface area (Å²) in [5.41, 5.74) is 2.10. The Kier molecular flexibility index (Phi) is 5.69. The van der Waals surface area contributed by atoms with Crippen molar-refractivity contribution in [2.75, 3.05) is 6.54 Å². The van der Waals surface area contributed by atoms with Gasteiger partial charge in [-0.25, -0.2) is 4.98 Å². The minimum Gasteiger partial charge on any atom is -0.439 e. The standard InChI is InChI=1S/C20H24N6O/c1-2-4-17(5-3-1)21-13-12-15-6-9-18(10-7-15)27-19-11-8-16(14-22-19)20-23-25-26-24-20/h6-11,14,17,21H,1-5,12-13H2,(H,23,24,25,26). The summed E-state index contributed by atoms with van der Waals surface area (Å²) in [7, 11) is 0. The lowest BCUT2D eigenvalue weighted by molar-refractivity contribution is 0.375. The van der Waals surface area contributed by atoms with Crippen molar-refractivity contribution in [2.24, 2.45) is 0 Å².